The van der Waals surface area contributed by atoms with E-state index in [0.29, 0.717) is 35.1 Å². The molecule has 0 radical (unpaired) electrons. The molecule has 4 amide bonds. The van der Waals surface area contributed by atoms with Crippen LogP contribution < -0.4 is 15.4 Å². The molecule has 2 N–H and O–H groups in total. The van der Waals surface area contributed by atoms with E-state index >= 15 is 0 Å². The van der Waals surface area contributed by atoms with Crippen molar-refractivity contribution in [3.8, 4) is 5.75 Å². The van der Waals surface area contributed by atoms with E-state index in [0.717, 1.165) is 11.3 Å². The third kappa shape index (κ3) is 6.17. The van der Waals surface area contributed by atoms with E-state index in [-0.39, 0.29) is 6.61 Å². The van der Waals surface area contributed by atoms with Crippen LogP contribution in [0.15, 0.2) is 48.5 Å². The zero-order valence-electron chi connectivity index (χ0n) is 20.4. The monoisotopic (exact) mass is 481 g/mol. The van der Waals surface area contributed by atoms with Crippen LogP contribution in [0.2, 0.25) is 0 Å². The fourth-order valence-corrected chi connectivity index (χ4v) is 3.58. The van der Waals surface area contributed by atoms with Crippen molar-refractivity contribution >= 4 is 29.5 Å². The molecule has 0 saturated carbocycles. The van der Waals surface area contributed by atoms with E-state index < -0.39 is 35.9 Å². The number of esters is 1. The van der Waals surface area contributed by atoms with E-state index in [9.17, 15) is 19.2 Å². The third-order valence-corrected chi connectivity index (χ3v) is 5.65. The van der Waals surface area contributed by atoms with Crippen molar-refractivity contribution < 1.29 is 28.7 Å². The first-order chi connectivity index (χ1) is 16.6. The Labute approximate surface area is 204 Å². The van der Waals surface area contributed by atoms with Gasteiger partial charge >= 0.3 is 12.0 Å². The van der Waals surface area contributed by atoms with Gasteiger partial charge < -0.3 is 20.1 Å². The van der Waals surface area contributed by atoms with Crippen molar-refractivity contribution in [1.29, 1.82) is 0 Å². The summed E-state index contributed by atoms with van der Waals surface area (Å²) in [5.74, 6) is -0.315. The number of nitrogens with one attached hydrogen (secondary N) is 2. The Kier molecular flexibility index (Phi) is 8.11. The van der Waals surface area contributed by atoms with E-state index in [4.69, 9.17) is 9.47 Å². The van der Waals surface area contributed by atoms with Gasteiger partial charge in [-0.05, 0) is 68.1 Å². The molecule has 0 aromatic heterocycles. The SMILES string of the molecule is CCOC(=O)c1ccc(NC(=O)CN2C(=O)NC(C)(c3ccc(OCCC(C)C)cc3)C2=O)cc1. The summed E-state index contributed by atoms with van der Waals surface area (Å²) >= 11 is 0. The highest BCUT2D eigenvalue weighted by molar-refractivity contribution is 6.10. The van der Waals surface area contributed by atoms with Crippen molar-refractivity contribution in [1.82, 2.24) is 10.2 Å². The number of urea groups is 1. The summed E-state index contributed by atoms with van der Waals surface area (Å²) in [6.45, 7) is 7.97. The lowest BCUT2D eigenvalue weighted by Crippen LogP contribution is -2.42. The Morgan fingerprint density at radius 3 is 2.31 bits per heavy atom. The first-order valence-corrected chi connectivity index (χ1v) is 11.6. The van der Waals surface area contributed by atoms with Crippen molar-refractivity contribution in [3.63, 3.8) is 0 Å². The second kappa shape index (κ2) is 11.0. The first-order valence-electron chi connectivity index (χ1n) is 11.6. The van der Waals surface area contributed by atoms with Gasteiger partial charge in [0.1, 0.15) is 17.8 Å². The Bertz CT molecular complexity index is 1080. The average molecular weight is 482 g/mol. The summed E-state index contributed by atoms with van der Waals surface area (Å²) in [7, 11) is 0. The topological polar surface area (TPSA) is 114 Å². The van der Waals surface area contributed by atoms with Crippen LogP contribution >= 0.6 is 0 Å². The molecule has 1 aliphatic rings. The summed E-state index contributed by atoms with van der Waals surface area (Å²) in [6, 6.07) is 12.5. The molecule has 1 heterocycles. The molecule has 186 valence electrons. The Hall–Kier alpha value is -3.88. The Balaban J connectivity index is 1.61. The first kappa shape index (κ1) is 25.7. The molecule has 9 heteroatoms. The minimum Gasteiger partial charge on any atom is -0.494 e. The fraction of sp³-hybridized carbons (Fsp3) is 0.385. The maximum atomic E-state index is 13.1. The molecule has 0 spiro atoms. The van der Waals surface area contributed by atoms with Gasteiger partial charge in [0.25, 0.3) is 5.91 Å². The number of imide groups is 1. The molecule has 2 aromatic rings. The molecule has 3 rings (SSSR count). The summed E-state index contributed by atoms with van der Waals surface area (Å²) < 4.78 is 10.6. The highest BCUT2D eigenvalue weighted by Crippen LogP contribution is 2.30. The number of carbonyl (C=O) groups is 4. The lowest BCUT2D eigenvalue weighted by atomic mass is 9.92. The fourth-order valence-electron chi connectivity index (χ4n) is 3.58. The lowest BCUT2D eigenvalue weighted by molar-refractivity contribution is -0.133. The number of anilines is 1. The van der Waals surface area contributed by atoms with Crippen molar-refractivity contribution in [2.24, 2.45) is 5.92 Å². The molecule has 1 saturated heterocycles. The van der Waals surface area contributed by atoms with Crippen LogP contribution in [0.3, 0.4) is 0 Å². The van der Waals surface area contributed by atoms with Crippen LogP contribution in [0.5, 0.6) is 5.75 Å². The van der Waals surface area contributed by atoms with Crippen molar-refractivity contribution in [2.45, 2.75) is 39.7 Å². The number of rotatable bonds is 10. The van der Waals surface area contributed by atoms with Gasteiger partial charge in [-0.3, -0.25) is 14.5 Å². The van der Waals surface area contributed by atoms with Crippen molar-refractivity contribution in [2.75, 3.05) is 25.1 Å². The van der Waals surface area contributed by atoms with Gasteiger partial charge in [0.15, 0.2) is 0 Å². The van der Waals surface area contributed by atoms with Crippen LogP contribution in [0, 0.1) is 5.92 Å². The zero-order chi connectivity index (χ0) is 25.6. The van der Waals surface area contributed by atoms with Gasteiger partial charge in [-0.2, -0.15) is 0 Å². The number of hydrogen-bond acceptors (Lipinski definition) is 6. The lowest BCUT2D eigenvalue weighted by Gasteiger charge is -2.22. The largest absolute Gasteiger partial charge is 0.494 e. The maximum absolute atomic E-state index is 13.1. The number of carbonyl (C=O) groups excluding carboxylic acids is 4. The van der Waals surface area contributed by atoms with Crippen LogP contribution in [-0.2, 0) is 19.9 Å². The standard InChI is InChI=1S/C26H31N3O6/c1-5-34-23(31)18-6-10-20(11-7-18)27-22(30)16-29-24(32)26(4,28-25(29)33)19-8-12-21(13-9-19)35-15-14-17(2)3/h6-13,17H,5,14-16H2,1-4H3,(H,27,30)(H,28,33). The summed E-state index contributed by atoms with van der Waals surface area (Å²) in [4.78, 5) is 50.8. The molecule has 1 unspecified atom stereocenters. The normalized spacial score (nSPS) is 17.3. The second-order valence-corrected chi connectivity index (χ2v) is 8.85. The smallest absolute Gasteiger partial charge is 0.338 e. The van der Waals surface area contributed by atoms with Gasteiger partial charge in [-0.1, -0.05) is 26.0 Å². The summed E-state index contributed by atoms with van der Waals surface area (Å²) in [6.07, 6.45) is 0.931. The van der Waals surface area contributed by atoms with Gasteiger partial charge in [-0.25, -0.2) is 9.59 Å². The zero-order valence-corrected chi connectivity index (χ0v) is 20.4. The van der Waals surface area contributed by atoms with Crippen LogP contribution in [-0.4, -0.2) is 48.5 Å². The molecular formula is C26H31N3O6. The van der Waals surface area contributed by atoms with Crippen LogP contribution in [0.4, 0.5) is 10.5 Å². The number of nitrogens with zero attached hydrogens (tertiary/aromatic N) is 1. The van der Waals surface area contributed by atoms with E-state index in [2.05, 4.69) is 24.5 Å². The summed E-state index contributed by atoms with van der Waals surface area (Å²) in [5.41, 5.74) is 0.0660. The quantitative estimate of drug-likeness (QED) is 0.395. The van der Waals surface area contributed by atoms with E-state index in [1.165, 1.54) is 12.1 Å². The number of hydrogen-bond donors (Lipinski definition) is 2. The highest BCUT2D eigenvalue weighted by atomic mass is 16.5. The van der Waals surface area contributed by atoms with Crippen LogP contribution in [0.25, 0.3) is 0 Å². The predicted molar refractivity (Wildman–Crippen MR) is 130 cm³/mol. The average Bonchev–Trinajstić information content (AvgIpc) is 3.03. The third-order valence-electron chi connectivity index (χ3n) is 5.65. The van der Waals surface area contributed by atoms with Crippen molar-refractivity contribution in [3.05, 3.63) is 59.7 Å². The molecule has 1 atom stereocenters. The maximum Gasteiger partial charge on any atom is 0.338 e. The molecule has 2 aromatic carbocycles. The number of ether oxygens (including phenoxy) is 2. The molecule has 0 bridgehead atoms. The predicted octanol–water partition coefficient (Wildman–Crippen LogP) is 3.69. The molecule has 35 heavy (non-hydrogen) atoms. The second-order valence-electron chi connectivity index (χ2n) is 8.85. The van der Waals surface area contributed by atoms with E-state index in [1.807, 2.05) is 0 Å². The van der Waals surface area contributed by atoms with Crippen LogP contribution in [0.1, 0.15) is 50.0 Å². The molecule has 9 nitrogen and oxygen atoms in total. The highest BCUT2D eigenvalue weighted by Gasteiger charge is 2.49. The van der Waals surface area contributed by atoms with Gasteiger partial charge in [-0.15, -0.1) is 0 Å². The molecule has 0 aliphatic carbocycles. The van der Waals surface area contributed by atoms with E-state index in [1.54, 1.807) is 50.2 Å². The minimum atomic E-state index is -1.30. The Morgan fingerprint density at radius 2 is 1.71 bits per heavy atom. The molecule has 1 aliphatic heterocycles. The number of amides is 4. The molecular weight excluding hydrogens is 450 g/mol. The Morgan fingerprint density at radius 1 is 1.06 bits per heavy atom. The molecule has 1 fully saturated rings. The van der Waals surface area contributed by atoms with Gasteiger partial charge in [0.2, 0.25) is 5.91 Å². The summed E-state index contributed by atoms with van der Waals surface area (Å²) in [5, 5.41) is 5.32. The number of benzene rings is 2. The van der Waals surface area contributed by atoms with Gasteiger partial charge in [0, 0.05) is 5.69 Å². The van der Waals surface area contributed by atoms with Gasteiger partial charge in [0.05, 0.1) is 18.8 Å². The minimum absolute atomic E-state index is 0.262.